The number of carboxylic acid groups (broad SMARTS) is 1. The van der Waals surface area contributed by atoms with Gasteiger partial charge in [-0.3, -0.25) is 19.4 Å². The first-order valence-electron chi connectivity index (χ1n) is 12.2. The molecule has 2 aromatic carbocycles. The molecule has 2 aliphatic heterocycles. The number of carbonyl (C=O) groups excluding carboxylic acids is 2. The Kier molecular flexibility index (Phi) is 6.85. The van der Waals surface area contributed by atoms with Crippen LogP contribution in [0.1, 0.15) is 34.8 Å². The highest BCUT2D eigenvalue weighted by atomic mass is 16.4. The number of anilines is 1. The number of guanidine groups is 1. The zero-order chi connectivity index (χ0) is 25.8. The number of allylic oxidation sites excluding steroid dienone is 2. The van der Waals surface area contributed by atoms with Crippen molar-refractivity contribution in [2.45, 2.75) is 18.9 Å². The van der Waals surface area contributed by atoms with E-state index in [9.17, 15) is 19.5 Å². The second-order valence-corrected chi connectivity index (χ2v) is 9.00. The van der Waals surface area contributed by atoms with Crippen molar-refractivity contribution in [3.8, 4) is 0 Å². The fraction of sp³-hybridized carbons (Fsp3) is 0.214. The van der Waals surface area contributed by atoms with Crippen LogP contribution in [-0.2, 0) is 9.59 Å². The molecule has 188 valence electrons. The van der Waals surface area contributed by atoms with Gasteiger partial charge >= 0.3 is 5.97 Å². The van der Waals surface area contributed by atoms with E-state index in [0.717, 1.165) is 36.3 Å². The zero-order valence-electron chi connectivity index (χ0n) is 20.1. The first-order valence-corrected chi connectivity index (χ1v) is 12.2. The predicted octanol–water partition coefficient (Wildman–Crippen LogP) is 3.19. The Bertz CT molecular complexity index is 1350. The summed E-state index contributed by atoms with van der Waals surface area (Å²) >= 11 is 0. The van der Waals surface area contributed by atoms with E-state index in [2.05, 4.69) is 20.9 Å². The summed E-state index contributed by atoms with van der Waals surface area (Å²) in [6.07, 6.45) is 7.71. The van der Waals surface area contributed by atoms with Gasteiger partial charge in [-0.2, -0.15) is 0 Å². The Balaban J connectivity index is 1.29. The molecule has 2 amide bonds. The van der Waals surface area contributed by atoms with Crippen LogP contribution < -0.4 is 16.0 Å². The summed E-state index contributed by atoms with van der Waals surface area (Å²) in [5.74, 6) is -1.43. The third-order valence-corrected chi connectivity index (χ3v) is 6.40. The first kappa shape index (κ1) is 24.1. The monoisotopic (exact) mass is 497 g/mol. The molecular formula is C28H27N5O4. The number of aliphatic carboxylic acids is 1. The van der Waals surface area contributed by atoms with Crippen LogP contribution in [0.15, 0.2) is 95.3 Å². The number of benzene rings is 2. The van der Waals surface area contributed by atoms with Crippen LogP contribution in [0.2, 0.25) is 0 Å². The van der Waals surface area contributed by atoms with Gasteiger partial charge in [-0.05, 0) is 47.9 Å². The number of hydrogen-bond acceptors (Lipinski definition) is 6. The lowest BCUT2D eigenvalue weighted by Crippen LogP contribution is -2.35. The Labute approximate surface area is 214 Å². The van der Waals surface area contributed by atoms with Crippen LogP contribution in [0.4, 0.5) is 5.69 Å². The molecule has 2 atom stereocenters. The van der Waals surface area contributed by atoms with Crippen molar-refractivity contribution in [2.75, 3.05) is 18.4 Å². The van der Waals surface area contributed by atoms with Gasteiger partial charge in [0.25, 0.3) is 5.91 Å². The first-order chi connectivity index (χ1) is 18.0. The molecule has 1 aliphatic carbocycles. The molecule has 2 aromatic rings. The van der Waals surface area contributed by atoms with Crippen molar-refractivity contribution < 1.29 is 19.5 Å². The number of amides is 2. The molecule has 2 unspecified atom stereocenters. The van der Waals surface area contributed by atoms with E-state index in [1.807, 2.05) is 36.4 Å². The van der Waals surface area contributed by atoms with Gasteiger partial charge in [0, 0.05) is 36.2 Å². The number of nitrogens with zero attached hydrogens (tertiary/aromatic N) is 2. The molecule has 0 aromatic heterocycles. The van der Waals surface area contributed by atoms with Gasteiger partial charge in [0.1, 0.15) is 0 Å². The quantitative estimate of drug-likeness (QED) is 0.466. The predicted molar refractivity (Wildman–Crippen MR) is 140 cm³/mol. The normalized spacial score (nSPS) is 19.1. The summed E-state index contributed by atoms with van der Waals surface area (Å²) in [4.78, 5) is 43.7. The standard InChI is InChI=1S/C28H27N5O4/c34-25(35)16-24(18-6-2-1-3-7-18)33-17-20-10-11-22(15-23(20)27(33)37)31-26(36)19-8-4-9-21(14-19)32-28-29-12-5-13-30-28/h1-4,6-11,14-15,17,23-24H,5,12-13,16H2,(H,31,36)(H,34,35)(H2,29,30,32). The lowest BCUT2D eigenvalue weighted by Gasteiger charge is -2.26. The number of rotatable bonds is 7. The molecule has 9 nitrogen and oxygen atoms in total. The topological polar surface area (TPSA) is 123 Å². The molecule has 9 heteroatoms. The van der Waals surface area contributed by atoms with Crippen molar-refractivity contribution >= 4 is 29.4 Å². The lowest BCUT2D eigenvalue weighted by molar-refractivity contribution is -0.139. The number of carbonyl (C=O) groups is 3. The molecule has 0 saturated carbocycles. The molecule has 5 rings (SSSR count). The Morgan fingerprint density at radius 1 is 1.14 bits per heavy atom. The van der Waals surface area contributed by atoms with Gasteiger partial charge in [-0.15, -0.1) is 0 Å². The van der Waals surface area contributed by atoms with E-state index in [-0.39, 0.29) is 18.2 Å². The maximum Gasteiger partial charge on any atom is 0.305 e. The zero-order valence-corrected chi connectivity index (χ0v) is 20.1. The van der Waals surface area contributed by atoms with Crippen LogP contribution in [0.25, 0.3) is 0 Å². The Morgan fingerprint density at radius 3 is 2.73 bits per heavy atom. The fourth-order valence-corrected chi connectivity index (χ4v) is 4.58. The molecule has 3 aliphatic rings. The highest BCUT2D eigenvalue weighted by molar-refractivity contribution is 5.99. The smallest absolute Gasteiger partial charge is 0.305 e. The molecule has 0 bridgehead atoms. The highest BCUT2D eigenvalue weighted by Crippen LogP contribution is 2.36. The number of carboxylic acids is 1. The van der Waals surface area contributed by atoms with E-state index < -0.39 is 17.9 Å². The van der Waals surface area contributed by atoms with E-state index in [1.54, 1.807) is 42.6 Å². The van der Waals surface area contributed by atoms with Crippen molar-refractivity contribution in [3.05, 3.63) is 101 Å². The molecule has 0 fully saturated rings. The molecule has 37 heavy (non-hydrogen) atoms. The molecule has 0 spiro atoms. The van der Waals surface area contributed by atoms with Crippen molar-refractivity contribution in [1.82, 2.24) is 15.5 Å². The second-order valence-electron chi connectivity index (χ2n) is 9.00. The minimum Gasteiger partial charge on any atom is -0.481 e. The van der Waals surface area contributed by atoms with Crippen molar-refractivity contribution in [3.63, 3.8) is 0 Å². The summed E-state index contributed by atoms with van der Waals surface area (Å²) in [6.45, 7) is 1.61. The average molecular weight is 498 g/mol. The molecule has 0 radical (unpaired) electrons. The lowest BCUT2D eigenvalue weighted by atomic mass is 9.95. The number of nitrogens with one attached hydrogen (secondary N) is 3. The minimum absolute atomic E-state index is 0.213. The van der Waals surface area contributed by atoms with Gasteiger partial charge in [0.05, 0.1) is 18.4 Å². The minimum atomic E-state index is -0.989. The van der Waals surface area contributed by atoms with E-state index in [0.29, 0.717) is 17.2 Å². The summed E-state index contributed by atoms with van der Waals surface area (Å²) in [7, 11) is 0. The van der Waals surface area contributed by atoms with E-state index in [4.69, 9.17) is 0 Å². The number of fused-ring (bicyclic) bond motifs is 1. The highest BCUT2D eigenvalue weighted by Gasteiger charge is 2.38. The van der Waals surface area contributed by atoms with Gasteiger partial charge < -0.3 is 26.0 Å². The van der Waals surface area contributed by atoms with Crippen LogP contribution in [0.3, 0.4) is 0 Å². The van der Waals surface area contributed by atoms with Crippen molar-refractivity contribution in [1.29, 1.82) is 0 Å². The van der Waals surface area contributed by atoms with Crippen LogP contribution >= 0.6 is 0 Å². The number of aliphatic imine (C=N–C) groups is 1. The van der Waals surface area contributed by atoms with E-state index >= 15 is 0 Å². The molecule has 0 saturated heterocycles. The summed E-state index contributed by atoms with van der Waals surface area (Å²) in [6, 6.07) is 15.6. The summed E-state index contributed by atoms with van der Waals surface area (Å²) in [5.41, 5.74) is 3.21. The fourth-order valence-electron chi connectivity index (χ4n) is 4.58. The number of hydrogen-bond donors (Lipinski definition) is 4. The van der Waals surface area contributed by atoms with E-state index in [1.165, 1.54) is 4.90 Å². The maximum atomic E-state index is 13.3. The summed E-state index contributed by atoms with van der Waals surface area (Å²) in [5, 5.41) is 18.7. The van der Waals surface area contributed by atoms with Crippen LogP contribution in [0, 0.1) is 5.92 Å². The van der Waals surface area contributed by atoms with Gasteiger partial charge in [0.2, 0.25) is 5.91 Å². The van der Waals surface area contributed by atoms with Gasteiger partial charge in [0.15, 0.2) is 5.96 Å². The van der Waals surface area contributed by atoms with Crippen molar-refractivity contribution in [2.24, 2.45) is 10.9 Å². The molecule has 2 heterocycles. The van der Waals surface area contributed by atoms with Gasteiger partial charge in [-0.25, -0.2) is 0 Å². The SMILES string of the molecule is O=C(O)CC(c1ccccc1)N1C=C2C=CC(NC(=O)c3cccc(NC4=NCCCN4)c3)=CC2C1=O. The third-order valence-electron chi connectivity index (χ3n) is 6.40. The Hall–Kier alpha value is -4.66. The maximum absolute atomic E-state index is 13.3. The van der Waals surface area contributed by atoms with Crippen LogP contribution in [-0.4, -0.2) is 46.8 Å². The Morgan fingerprint density at radius 2 is 1.97 bits per heavy atom. The second kappa shape index (κ2) is 10.5. The van der Waals surface area contributed by atoms with Crippen LogP contribution in [0.5, 0.6) is 0 Å². The average Bonchev–Trinajstić information content (AvgIpc) is 3.24. The van der Waals surface area contributed by atoms with Gasteiger partial charge in [-0.1, -0.05) is 42.5 Å². The molecular weight excluding hydrogens is 470 g/mol. The largest absolute Gasteiger partial charge is 0.481 e. The summed E-state index contributed by atoms with van der Waals surface area (Å²) < 4.78 is 0. The third kappa shape index (κ3) is 5.45. The molecule has 4 N–H and O–H groups in total.